The second-order valence-corrected chi connectivity index (χ2v) is 5.43. The summed E-state index contributed by atoms with van der Waals surface area (Å²) in [6, 6.07) is 11.3. The van der Waals surface area contributed by atoms with E-state index in [1.54, 1.807) is 19.2 Å². The monoisotopic (exact) mass is 312 g/mol. The van der Waals surface area contributed by atoms with Crippen LogP contribution in [0.1, 0.15) is 10.5 Å². The number of carbonyl (C=O) groups excluding carboxylic acids is 1. The summed E-state index contributed by atoms with van der Waals surface area (Å²) in [7, 11) is 1.67. The number of hydrogen-bond acceptors (Lipinski definition) is 5. The predicted molar refractivity (Wildman–Crippen MR) is 89.8 cm³/mol. The van der Waals surface area contributed by atoms with E-state index in [-0.39, 0.29) is 5.91 Å². The van der Waals surface area contributed by atoms with Gasteiger partial charge in [-0.3, -0.25) is 4.79 Å². The number of nitrogens with two attached hydrogens (primary N) is 1. The van der Waals surface area contributed by atoms with Crippen molar-refractivity contribution in [3.8, 4) is 5.75 Å². The van der Waals surface area contributed by atoms with Crippen LogP contribution in [0.3, 0.4) is 0 Å². The number of hydrogen-bond donors (Lipinski definition) is 1. The fourth-order valence-electron chi connectivity index (χ4n) is 2.74. The molecule has 0 spiro atoms. The molecule has 0 saturated carbocycles. The number of methoxy groups -OCH3 is 1. The van der Waals surface area contributed by atoms with E-state index in [1.807, 2.05) is 29.2 Å². The zero-order chi connectivity index (χ0) is 16.2. The summed E-state index contributed by atoms with van der Waals surface area (Å²) in [5, 5.41) is 0. The molecule has 1 fully saturated rings. The maximum absolute atomic E-state index is 12.5. The maximum Gasteiger partial charge on any atom is 0.272 e. The van der Waals surface area contributed by atoms with Crippen LogP contribution in [0.15, 0.2) is 42.6 Å². The van der Waals surface area contributed by atoms with Gasteiger partial charge in [0.05, 0.1) is 24.7 Å². The number of para-hydroxylation sites is 2. The lowest BCUT2D eigenvalue weighted by Crippen LogP contribution is -2.49. The van der Waals surface area contributed by atoms with Gasteiger partial charge in [0.15, 0.2) is 0 Å². The number of piperazine rings is 1. The minimum Gasteiger partial charge on any atom is -0.495 e. The van der Waals surface area contributed by atoms with E-state index in [1.165, 1.54) is 6.20 Å². The lowest BCUT2D eigenvalue weighted by molar-refractivity contribution is 0.0741. The van der Waals surface area contributed by atoms with Crippen LogP contribution in [-0.4, -0.2) is 49.1 Å². The summed E-state index contributed by atoms with van der Waals surface area (Å²) in [6.45, 7) is 2.84. The molecule has 120 valence electrons. The molecule has 6 nitrogen and oxygen atoms in total. The molecule has 0 unspecified atom stereocenters. The fraction of sp³-hybridized carbons (Fsp3) is 0.294. The molecule has 1 aliphatic heterocycles. The number of rotatable bonds is 3. The summed E-state index contributed by atoms with van der Waals surface area (Å²) >= 11 is 0. The number of benzene rings is 1. The minimum absolute atomic E-state index is 0.0512. The summed E-state index contributed by atoms with van der Waals surface area (Å²) in [5.41, 5.74) is 7.67. The van der Waals surface area contributed by atoms with Gasteiger partial charge in [-0.15, -0.1) is 0 Å². The lowest BCUT2D eigenvalue weighted by atomic mass is 10.2. The second-order valence-electron chi connectivity index (χ2n) is 5.43. The Labute approximate surface area is 135 Å². The number of aromatic nitrogens is 1. The highest BCUT2D eigenvalue weighted by atomic mass is 16.5. The Hall–Kier alpha value is -2.76. The van der Waals surface area contributed by atoms with Crippen molar-refractivity contribution in [1.29, 1.82) is 0 Å². The Bertz CT molecular complexity index is 679. The maximum atomic E-state index is 12.5. The largest absolute Gasteiger partial charge is 0.495 e. The molecule has 6 heteroatoms. The number of amides is 1. The highest BCUT2D eigenvalue weighted by molar-refractivity contribution is 5.92. The van der Waals surface area contributed by atoms with Crippen molar-refractivity contribution >= 4 is 17.3 Å². The van der Waals surface area contributed by atoms with E-state index in [9.17, 15) is 4.79 Å². The first kappa shape index (κ1) is 15.1. The number of carbonyl (C=O) groups is 1. The van der Waals surface area contributed by atoms with Gasteiger partial charge >= 0.3 is 0 Å². The third kappa shape index (κ3) is 3.21. The molecule has 0 atom stereocenters. The van der Waals surface area contributed by atoms with Crippen molar-refractivity contribution in [2.24, 2.45) is 0 Å². The Morgan fingerprint density at radius 1 is 1.13 bits per heavy atom. The molecule has 1 aliphatic rings. The SMILES string of the molecule is COc1ccccc1N1CCN(C(=O)c2ccc(N)cn2)CC1. The molecule has 2 N–H and O–H groups in total. The molecule has 1 saturated heterocycles. The zero-order valence-electron chi connectivity index (χ0n) is 13.1. The van der Waals surface area contributed by atoms with Crippen LogP contribution < -0.4 is 15.4 Å². The van der Waals surface area contributed by atoms with Crippen LogP contribution in [0.25, 0.3) is 0 Å². The fourth-order valence-corrected chi connectivity index (χ4v) is 2.74. The summed E-state index contributed by atoms with van der Waals surface area (Å²) in [5.74, 6) is 0.803. The number of pyridine rings is 1. The first-order chi connectivity index (χ1) is 11.2. The van der Waals surface area contributed by atoms with E-state index in [2.05, 4.69) is 9.88 Å². The van der Waals surface area contributed by atoms with Gasteiger partial charge in [0, 0.05) is 26.2 Å². The third-order valence-electron chi connectivity index (χ3n) is 4.00. The third-order valence-corrected chi connectivity index (χ3v) is 4.00. The van der Waals surface area contributed by atoms with E-state index < -0.39 is 0 Å². The minimum atomic E-state index is -0.0512. The van der Waals surface area contributed by atoms with Crippen LogP contribution in [0.2, 0.25) is 0 Å². The van der Waals surface area contributed by atoms with Crippen molar-refractivity contribution in [3.63, 3.8) is 0 Å². The topological polar surface area (TPSA) is 71.7 Å². The molecule has 0 bridgehead atoms. The summed E-state index contributed by atoms with van der Waals surface area (Å²) in [6.07, 6.45) is 1.51. The zero-order valence-corrected chi connectivity index (χ0v) is 13.1. The van der Waals surface area contributed by atoms with Gasteiger partial charge in [-0.2, -0.15) is 0 Å². The van der Waals surface area contributed by atoms with Gasteiger partial charge in [-0.25, -0.2) is 4.98 Å². The molecule has 23 heavy (non-hydrogen) atoms. The van der Waals surface area contributed by atoms with Crippen LogP contribution in [0, 0.1) is 0 Å². The van der Waals surface area contributed by atoms with Gasteiger partial charge in [0.2, 0.25) is 0 Å². The van der Waals surface area contributed by atoms with Crippen LogP contribution >= 0.6 is 0 Å². The van der Waals surface area contributed by atoms with Crippen LogP contribution in [0.5, 0.6) is 5.75 Å². The average molecular weight is 312 g/mol. The quantitative estimate of drug-likeness (QED) is 0.933. The summed E-state index contributed by atoms with van der Waals surface area (Å²) < 4.78 is 5.41. The molecular formula is C17H20N4O2. The van der Waals surface area contributed by atoms with Crippen LogP contribution in [0.4, 0.5) is 11.4 Å². The van der Waals surface area contributed by atoms with Crippen molar-refractivity contribution in [2.75, 3.05) is 43.9 Å². The first-order valence-corrected chi connectivity index (χ1v) is 7.58. The van der Waals surface area contributed by atoms with Gasteiger partial charge < -0.3 is 20.3 Å². The highest BCUT2D eigenvalue weighted by Gasteiger charge is 2.24. The van der Waals surface area contributed by atoms with Gasteiger partial charge in [-0.1, -0.05) is 12.1 Å². The van der Waals surface area contributed by atoms with Gasteiger partial charge in [-0.05, 0) is 24.3 Å². The molecule has 0 aliphatic carbocycles. The Kier molecular flexibility index (Phi) is 4.32. The van der Waals surface area contributed by atoms with Crippen molar-refractivity contribution < 1.29 is 9.53 Å². The Balaban J connectivity index is 1.66. The highest BCUT2D eigenvalue weighted by Crippen LogP contribution is 2.28. The van der Waals surface area contributed by atoms with Gasteiger partial charge in [0.1, 0.15) is 11.4 Å². The number of nitrogens with zero attached hydrogens (tertiary/aromatic N) is 3. The number of ether oxygens (including phenoxy) is 1. The molecule has 1 aromatic carbocycles. The predicted octanol–water partition coefficient (Wildman–Crippen LogP) is 1.63. The van der Waals surface area contributed by atoms with E-state index in [0.29, 0.717) is 24.5 Å². The standard InChI is InChI=1S/C17H20N4O2/c1-23-16-5-3-2-4-15(16)20-8-10-21(11-9-20)17(22)14-7-6-13(18)12-19-14/h2-7,12H,8-11,18H2,1H3. The molecule has 0 radical (unpaired) electrons. The molecule has 2 aromatic rings. The molecule has 1 aromatic heterocycles. The Morgan fingerprint density at radius 3 is 2.52 bits per heavy atom. The number of nitrogen functional groups attached to an aromatic ring is 1. The molecular weight excluding hydrogens is 292 g/mol. The van der Waals surface area contributed by atoms with Crippen molar-refractivity contribution in [1.82, 2.24) is 9.88 Å². The van der Waals surface area contributed by atoms with Gasteiger partial charge in [0.25, 0.3) is 5.91 Å². The molecule has 3 rings (SSSR count). The molecule has 2 heterocycles. The van der Waals surface area contributed by atoms with E-state index in [0.717, 1.165) is 24.5 Å². The van der Waals surface area contributed by atoms with E-state index in [4.69, 9.17) is 10.5 Å². The average Bonchev–Trinajstić information content (AvgIpc) is 2.62. The van der Waals surface area contributed by atoms with Crippen LogP contribution in [-0.2, 0) is 0 Å². The van der Waals surface area contributed by atoms with Crippen molar-refractivity contribution in [2.45, 2.75) is 0 Å². The number of anilines is 2. The van der Waals surface area contributed by atoms with E-state index >= 15 is 0 Å². The smallest absolute Gasteiger partial charge is 0.272 e. The molecule has 1 amide bonds. The van der Waals surface area contributed by atoms with Crippen molar-refractivity contribution in [3.05, 3.63) is 48.3 Å². The normalized spacial score (nSPS) is 14.7. The lowest BCUT2D eigenvalue weighted by Gasteiger charge is -2.36. The second kappa shape index (κ2) is 6.56. The first-order valence-electron chi connectivity index (χ1n) is 7.58. The summed E-state index contributed by atoms with van der Waals surface area (Å²) in [4.78, 5) is 20.6. The Morgan fingerprint density at radius 2 is 1.87 bits per heavy atom.